The second-order valence-corrected chi connectivity index (χ2v) is 9.80. The van der Waals surface area contributed by atoms with E-state index in [0.29, 0.717) is 36.6 Å². The number of nitrogens with one attached hydrogen (secondary N) is 1. The minimum absolute atomic E-state index is 0.119. The zero-order chi connectivity index (χ0) is 29.2. The van der Waals surface area contributed by atoms with Crippen molar-refractivity contribution in [3.8, 4) is 11.8 Å². The Bertz CT molecular complexity index is 1510. The van der Waals surface area contributed by atoms with Crippen LogP contribution in [0.25, 0.3) is 0 Å². The lowest BCUT2D eigenvalue weighted by Crippen LogP contribution is -2.44. The van der Waals surface area contributed by atoms with E-state index in [1.165, 1.54) is 17.4 Å². The number of carbonyl (C=O) groups is 2. The van der Waals surface area contributed by atoms with Crippen molar-refractivity contribution in [1.29, 1.82) is 5.26 Å². The van der Waals surface area contributed by atoms with Crippen molar-refractivity contribution < 1.29 is 18.8 Å². The fraction of sp³-hybridized carbons (Fsp3) is 0.281. The minimum atomic E-state index is -1.01. The van der Waals surface area contributed by atoms with Gasteiger partial charge in [-0.15, -0.1) is 0 Å². The van der Waals surface area contributed by atoms with Gasteiger partial charge in [-0.25, -0.2) is 4.98 Å². The molecule has 0 bridgehead atoms. The Morgan fingerprint density at radius 1 is 1.10 bits per heavy atom. The summed E-state index contributed by atoms with van der Waals surface area (Å²) in [5.41, 5.74) is 5.04. The topological polar surface area (TPSA) is 121 Å². The third-order valence-corrected chi connectivity index (χ3v) is 6.57. The molecule has 0 saturated heterocycles. The normalized spacial score (nSPS) is 11.4. The summed E-state index contributed by atoms with van der Waals surface area (Å²) < 4.78 is 11.0. The molecule has 0 aliphatic carbocycles. The van der Waals surface area contributed by atoms with Crippen LogP contribution in [0.15, 0.2) is 77.8 Å². The third kappa shape index (κ3) is 7.57. The van der Waals surface area contributed by atoms with Crippen LogP contribution in [-0.4, -0.2) is 28.5 Å². The summed E-state index contributed by atoms with van der Waals surface area (Å²) in [5, 5.41) is 15.9. The zero-order valence-electron chi connectivity index (χ0n) is 23.5. The van der Waals surface area contributed by atoms with Crippen molar-refractivity contribution in [2.75, 3.05) is 11.4 Å². The van der Waals surface area contributed by atoms with Crippen LogP contribution in [0.5, 0.6) is 5.75 Å². The number of nitriles is 1. The predicted molar refractivity (Wildman–Crippen MR) is 154 cm³/mol. The molecule has 41 heavy (non-hydrogen) atoms. The largest absolute Gasteiger partial charge is 0.489 e. The predicted octanol–water partition coefficient (Wildman–Crippen LogP) is 5.37. The molecule has 0 aliphatic rings. The van der Waals surface area contributed by atoms with Crippen LogP contribution >= 0.6 is 0 Å². The number of hydrogen-bond acceptors (Lipinski definition) is 7. The van der Waals surface area contributed by atoms with Crippen molar-refractivity contribution in [2.24, 2.45) is 0 Å². The van der Waals surface area contributed by atoms with E-state index in [1.54, 1.807) is 30.5 Å². The molecule has 9 nitrogen and oxygen atoms in total. The summed E-state index contributed by atoms with van der Waals surface area (Å²) >= 11 is 0. The summed E-state index contributed by atoms with van der Waals surface area (Å²) in [6.07, 6.45) is 5.79. The molecule has 4 aromatic rings. The number of benzene rings is 2. The molecule has 0 fully saturated rings. The molecule has 0 aliphatic heterocycles. The fourth-order valence-corrected chi connectivity index (χ4v) is 4.49. The van der Waals surface area contributed by atoms with Gasteiger partial charge >= 0.3 is 0 Å². The maximum atomic E-state index is 13.9. The van der Waals surface area contributed by atoms with Crippen LogP contribution in [0.1, 0.15) is 59.3 Å². The average Bonchev–Trinajstić information content (AvgIpc) is 3.51. The third-order valence-electron chi connectivity index (χ3n) is 6.57. The van der Waals surface area contributed by atoms with Crippen molar-refractivity contribution in [3.05, 3.63) is 107 Å². The summed E-state index contributed by atoms with van der Waals surface area (Å²) in [5.74, 6) is 0.0521. The van der Waals surface area contributed by atoms with E-state index in [-0.39, 0.29) is 23.9 Å². The average molecular weight is 552 g/mol. The van der Waals surface area contributed by atoms with Crippen LogP contribution in [0.3, 0.4) is 0 Å². The van der Waals surface area contributed by atoms with Crippen molar-refractivity contribution in [2.45, 2.75) is 52.7 Å². The smallest absolute Gasteiger partial charge is 0.247 e. The molecule has 1 unspecified atom stereocenters. The molecule has 2 amide bonds. The number of anilines is 1. The van der Waals surface area contributed by atoms with Gasteiger partial charge in [-0.2, -0.15) is 5.26 Å². The minimum Gasteiger partial charge on any atom is -0.489 e. The Morgan fingerprint density at radius 3 is 2.61 bits per heavy atom. The van der Waals surface area contributed by atoms with Gasteiger partial charge in [0.1, 0.15) is 36.4 Å². The molecule has 1 atom stereocenters. The van der Waals surface area contributed by atoms with Gasteiger partial charge in [0, 0.05) is 36.0 Å². The van der Waals surface area contributed by atoms with Crippen LogP contribution in [0.4, 0.5) is 5.69 Å². The van der Waals surface area contributed by atoms with Gasteiger partial charge in [-0.3, -0.25) is 14.5 Å². The van der Waals surface area contributed by atoms with E-state index in [9.17, 15) is 14.9 Å². The first-order valence-corrected chi connectivity index (χ1v) is 13.5. The summed E-state index contributed by atoms with van der Waals surface area (Å²) in [7, 11) is 0. The highest BCUT2D eigenvalue weighted by molar-refractivity contribution is 6.02. The Kier molecular flexibility index (Phi) is 9.84. The molecule has 9 heteroatoms. The van der Waals surface area contributed by atoms with E-state index in [4.69, 9.17) is 9.26 Å². The molecule has 0 spiro atoms. The number of aryl methyl sites for hydroxylation is 3. The van der Waals surface area contributed by atoms with Gasteiger partial charge in [0.2, 0.25) is 11.8 Å². The Labute approximate surface area is 239 Å². The van der Waals surface area contributed by atoms with E-state index in [1.807, 2.05) is 51.1 Å². The SMILES string of the molecule is CCCNC(=O)C(c1ccc(C#N)nc1)N(C(=O)CCc1cnoc1)c1ccc(OCc2cccc(C)c2)cc1C. The first-order valence-electron chi connectivity index (χ1n) is 13.5. The molecule has 0 saturated carbocycles. The molecule has 210 valence electrons. The van der Waals surface area contributed by atoms with Crippen molar-refractivity contribution >= 4 is 17.5 Å². The number of ether oxygens (including phenoxy) is 1. The Morgan fingerprint density at radius 2 is 1.95 bits per heavy atom. The van der Waals surface area contributed by atoms with E-state index < -0.39 is 6.04 Å². The number of hydrogen-bond donors (Lipinski definition) is 1. The van der Waals surface area contributed by atoms with Crippen LogP contribution in [0.2, 0.25) is 0 Å². The van der Waals surface area contributed by atoms with Crippen LogP contribution < -0.4 is 15.0 Å². The number of amides is 2. The summed E-state index contributed by atoms with van der Waals surface area (Å²) in [4.78, 5) is 33.2. The molecular formula is C32H33N5O4. The number of rotatable bonds is 12. The molecule has 0 radical (unpaired) electrons. The maximum absolute atomic E-state index is 13.9. The monoisotopic (exact) mass is 551 g/mol. The van der Waals surface area contributed by atoms with E-state index >= 15 is 0 Å². The fourth-order valence-electron chi connectivity index (χ4n) is 4.49. The highest BCUT2D eigenvalue weighted by Gasteiger charge is 2.33. The standard InChI is InChI=1S/C32H33N5O4/c1-4-14-34-32(39)31(26-9-10-27(17-33)35-19-26)37(30(38)13-8-25-18-36-41-21-25)29-12-11-28(16-23(29)3)40-20-24-7-5-6-22(2)15-24/h5-7,9-12,15-16,18-19,21,31H,4,8,13-14,20H2,1-3H3,(H,34,39). The second-order valence-electron chi connectivity index (χ2n) is 9.80. The molecule has 2 heterocycles. The first-order chi connectivity index (χ1) is 19.9. The Balaban J connectivity index is 1.70. The highest BCUT2D eigenvalue weighted by atomic mass is 16.5. The summed E-state index contributed by atoms with van der Waals surface area (Å²) in [6.45, 7) is 6.73. The van der Waals surface area contributed by atoms with E-state index in [2.05, 4.69) is 21.5 Å². The van der Waals surface area contributed by atoms with Crippen molar-refractivity contribution in [1.82, 2.24) is 15.5 Å². The number of carbonyl (C=O) groups excluding carboxylic acids is 2. The summed E-state index contributed by atoms with van der Waals surface area (Å²) in [6, 6.07) is 17.8. The van der Waals surface area contributed by atoms with E-state index in [0.717, 1.165) is 28.7 Å². The maximum Gasteiger partial charge on any atom is 0.247 e. The quantitative estimate of drug-likeness (QED) is 0.251. The zero-order valence-corrected chi connectivity index (χ0v) is 23.5. The van der Waals surface area contributed by atoms with Gasteiger partial charge in [-0.05, 0) is 62.1 Å². The van der Waals surface area contributed by atoms with Gasteiger partial charge in [0.05, 0.1) is 6.20 Å². The van der Waals surface area contributed by atoms with Gasteiger partial charge in [0.15, 0.2) is 0 Å². The van der Waals surface area contributed by atoms with Crippen LogP contribution in [0, 0.1) is 25.2 Å². The molecule has 2 aromatic carbocycles. The molecule has 2 aromatic heterocycles. The lowest BCUT2D eigenvalue weighted by atomic mass is 10.0. The van der Waals surface area contributed by atoms with Crippen molar-refractivity contribution in [3.63, 3.8) is 0 Å². The molecular weight excluding hydrogens is 518 g/mol. The number of pyridine rings is 1. The lowest BCUT2D eigenvalue weighted by Gasteiger charge is -2.32. The first kappa shape index (κ1) is 29.0. The van der Waals surface area contributed by atoms with Gasteiger partial charge < -0.3 is 14.6 Å². The number of nitrogens with zero attached hydrogens (tertiary/aromatic N) is 4. The van der Waals surface area contributed by atoms with Crippen LogP contribution in [-0.2, 0) is 22.6 Å². The second kappa shape index (κ2) is 13.9. The Hall–Kier alpha value is -4.97. The van der Waals surface area contributed by atoms with Gasteiger partial charge in [0.25, 0.3) is 0 Å². The molecule has 4 rings (SSSR count). The van der Waals surface area contributed by atoms with Gasteiger partial charge in [-0.1, -0.05) is 48.0 Å². The lowest BCUT2D eigenvalue weighted by molar-refractivity contribution is -0.126. The highest BCUT2D eigenvalue weighted by Crippen LogP contribution is 2.33. The molecule has 1 N–H and O–H groups in total. The number of aromatic nitrogens is 2.